The number of aromatic nitrogens is 1. The fourth-order valence-corrected chi connectivity index (χ4v) is 4.83. The molecule has 2 aliphatic heterocycles. The van der Waals surface area contributed by atoms with Crippen LogP contribution in [0, 0.1) is 17.2 Å². The summed E-state index contributed by atoms with van der Waals surface area (Å²) in [4.78, 5) is 43.7. The summed E-state index contributed by atoms with van der Waals surface area (Å²) in [7, 11) is 0. The van der Waals surface area contributed by atoms with Crippen molar-refractivity contribution < 1.29 is 23.2 Å². The fraction of sp³-hybridized carbons (Fsp3) is 0.292. The topological polar surface area (TPSA) is 133 Å². The lowest BCUT2D eigenvalue weighted by Gasteiger charge is -2.31. The molecule has 0 saturated carbocycles. The van der Waals surface area contributed by atoms with Gasteiger partial charge in [-0.2, -0.15) is 10.2 Å². The molecule has 2 aromatic heterocycles. The van der Waals surface area contributed by atoms with Gasteiger partial charge in [0.05, 0.1) is 18.6 Å². The maximum atomic E-state index is 12.8. The molecule has 3 amide bonds. The first-order chi connectivity index (χ1) is 17.0. The first kappa shape index (κ1) is 22.7. The van der Waals surface area contributed by atoms with Gasteiger partial charge in [0.2, 0.25) is 23.4 Å². The number of amides is 3. The van der Waals surface area contributed by atoms with Crippen LogP contribution >= 0.6 is 11.8 Å². The quantitative estimate of drug-likeness (QED) is 0.546. The zero-order valence-corrected chi connectivity index (χ0v) is 19.4. The Bertz CT molecular complexity index is 1270. The summed E-state index contributed by atoms with van der Waals surface area (Å²) < 4.78 is 11.1. The number of hydrogen-bond acceptors (Lipinski definition) is 9. The van der Waals surface area contributed by atoms with Gasteiger partial charge in [0.1, 0.15) is 6.07 Å². The largest absolute Gasteiger partial charge is 0.459 e. The van der Waals surface area contributed by atoms with Gasteiger partial charge in [0.15, 0.2) is 5.76 Å². The number of carbonyl (C=O) groups excluding carboxylic acids is 3. The van der Waals surface area contributed by atoms with Crippen LogP contribution in [-0.2, 0) is 16.1 Å². The summed E-state index contributed by atoms with van der Waals surface area (Å²) >= 11 is 1.01. The van der Waals surface area contributed by atoms with E-state index in [0.29, 0.717) is 43.3 Å². The van der Waals surface area contributed by atoms with Crippen molar-refractivity contribution in [2.24, 2.45) is 5.92 Å². The Morgan fingerprint density at radius 2 is 1.97 bits per heavy atom. The number of anilines is 2. The lowest BCUT2D eigenvalue weighted by atomic mass is 9.95. The number of hydrogen-bond donors (Lipinski definition) is 1. The summed E-state index contributed by atoms with van der Waals surface area (Å²) in [6.07, 6.45) is 2.71. The molecule has 5 rings (SSSR count). The summed E-state index contributed by atoms with van der Waals surface area (Å²) in [6.45, 7) is 1.33. The van der Waals surface area contributed by atoms with Gasteiger partial charge in [-0.1, -0.05) is 23.9 Å². The molecule has 11 heteroatoms. The van der Waals surface area contributed by atoms with Crippen molar-refractivity contribution in [1.29, 1.82) is 5.26 Å². The third kappa shape index (κ3) is 4.79. The molecule has 2 fully saturated rings. The highest BCUT2D eigenvalue weighted by Crippen LogP contribution is 2.31. The average Bonchev–Trinajstić information content (AvgIpc) is 3.62. The number of nitrogens with one attached hydrogen (secondary N) is 1. The lowest BCUT2D eigenvalue weighted by molar-refractivity contribution is -0.125. The lowest BCUT2D eigenvalue weighted by Crippen LogP contribution is -2.38. The molecular formula is C24H21N5O5S. The number of oxazole rings is 1. The van der Waals surface area contributed by atoms with Crippen molar-refractivity contribution in [3.8, 4) is 17.7 Å². The summed E-state index contributed by atoms with van der Waals surface area (Å²) in [5.74, 6) is 0.835. The predicted molar refractivity (Wildman–Crippen MR) is 127 cm³/mol. The number of imide groups is 1. The monoisotopic (exact) mass is 491 g/mol. The summed E-state index contributed by atoms with van der Waals surface area (Å²) in [5.41, 5.74) is 1.66. The number of benzene rings is 1. The highest BCUT2D eigenvalue weighted by molar-refractivity contribution is 8.14. The number of nitriles is 1. The molecule has 35 heavy (non-hydrogen) atoms. The Balaban J connectivity index is 1.16. The average molecular weight is 492 g/mol. The minimum atomic E-state index is -0.233. The van der Waals surface area contributed by atoms with Gasteiger partial charge in [-0.25, -0.2) is 0 Å². The number of piperidine rings is 1. The normalized spacial score (nSPS) is 16.5. The molecule has 0 aliphatic carbocycles. The zero-order chi connectivity index (χ0) is 24.4. The fourth-order valence-electron chi connectivity index (χ4n) is 4.10. The number of nitrogens with zero attached hydrogens (tertiary/aromatic N) is 4. The smallest absolute Gasteiger partial charge is 0.289 e. The van der Waals surface area contributed by atoms with Crippen molar-refractivity contribution in [2.45, 2.75) is 19.4 Å². The molecule has 4 heterocycles. The summed E-state index contributed by atoms with van der Waals surface area (Å²) in [6, 6.07) is 12.6. The molecule has 178 valence electrons. The van der Waals surface area contributed by atoms with E-state index in [2.05, 4.69) is 16.4 Å². The van der Waals surface area contributed by atoms with Crippen molar-refractivity contribution >= 4 is 40.4 Å². The van der Waals surface area contributed by atoms with Crippen LogP contribution < -0.4 is 10.2 Å². The molecule has 10 nitrogen and oxygen atoms in total. The second-order valence-corrected chi connectivity index (χ2v) is 9.17. The van der Waals surface area contributed by atoms with E-state index in [0.717, 1.165) is 17.3 Å². The Morgan fingerprint density at radius 3 is 2.60 bits per heavy atom. The minimum absolute atomic E-state index is 0.0759. The Morgan fingerprint density at radius 1 is 1.20 bits per heavy atom. The SMILES string of the molecule is N#Cc1nc(-c2ccco2)oc1N1CCC(C(=O)Nc2ccc(CN3C(=O)CSC3=O)cc2)CC1. The van der Waals surface area contributed by atoms with Crippen molar-refractivity contribution in [2.75, 3.05) is 29.1 Å². The second kappa shape index (κ2) is 9.68. The van der Waals surface area contributed by atoms with E-state index < -0.39 is 0 Å². The minimum Gasteiger partial charge on any atom is -0.459 e. The van der Waals surface area contributed by atoms with Crippen LogP contribution in [0.5, 0.6) is 0 Å². The van der Waals surface area contributed by atoms with E-state index in [1.807, 2.05) is 4.90 Å². The Hall–Kier alpha value is -4.04. The van der Waals surface area contributed by atoms with Gasteiger partial charge in [0.25, 0.3) is 11.1 Å². The molecule has 2 aliphatic rings. The Kier molecular flexibility index (Phi) is 6.29. The third-order valence-electron chi connectivity index (χ3n) is 6.00. The van der Waals surface area contributed by atoms with Crippen LogP contribution in [0.15, 0.2) is 51.5 Å². The Labute approximate surface area is 204 Å². The molecule has 2 saturated heterocycles. The first-order valence-electron chi connectivity index (χ1n) is 11.1. The van der Waals surface area contributed by atoms with Crippen LogP contribution in [-0.4, -0.2) is 45.8 Å². The van der Waals surface area contributed by atoms with Crippen LogP contribution in [0.4, 0.5) is 16.4 Å². The van der Waals surface area contributed by atoms with Gasteiger partial charge in [-0.15, -0.1) is 0 Å². The van der Waals surface area contributed by atoms with Gasteiger partial charge >= 0.3 is 0 Å². The highest BCUT2D eigenvalue weighted by Gasteiger charge is 2.31. The van der Waals surface area contributed by atoms with E-state index >= 15 is 0 Å². The van der Waals surface area contributed by atoms with Gasteiger partial charge in [0, 0.05) is 24.7 Å². The zero-order valence-electron chi connectivity index (χ0n) is 18.6. The second-order valence-electron chi connectivity index (χ2n) is 8.24. The molecule has 0 unspecified atom stereocenters. The molecule has 3 aromatic rings. The van der Waals surface area contributed by atoms with Crippen molar-refractivity contribution in [3.05, 3.63) is 53.9 Å². The molecule has 0 bridgehead atoms. The van der Waals surface area contributed by atoms with E-state index in [-0.39, 0.29) is 46.9 Å². The number of furan rings is 1. The van der Waals surface area contributed by atoms with Crippen LogP contribution in [0.2, 0.25) is 0 Å². The number of carbonyl (C=O) groups is 3. The maximum absolute atomic E-state index is 12.8. The van der Waals surface area contributed by atoms with E-state index in [1.165, 1.54) is 11.2 Å². The molecule has 0 spiro atoms. The summed E-state index contributed by atoms with van der Waals surface area (Å²) in [5, 5.41) is 12.2. The molecule has 1 N–H and O–H groups in total. The van der Waals surface area contributed by atoms with E-state index in [9.17, 15) is 19.6 Å². The van der Waals surface area contributed by atoms with Gasteiger partial charge < -0.3 is 19.1 Å². The maximum Gasteiger partial charge on any atom is 0.289 e. The van der Waals surface area contributed by atoms with Gasteiger partial charge in [-0.3, -0.25) is 19.3 Å². The highest BCUT2D eigenvalue weighted by atomic mass is 32.2. The molecule has 0 atom stereocenters. The molecular weight excluding hydrogens is 470 g/mol. The molecule has 1 aromatic carbocycles. The van der Waals surface area contributed by atoms with E-state index in [4.69, 9.17) is 8.83 Å². The number of rotatable bonds is 6. The third-order valence-corrected chi connectivity index (χ3v) is 6.86. The van der Waals surface area contributed by atoms with Crippen molar-refractivity contribution in [1.82, 2.24) is 9.88 Å². The predicted octanol–water partition coefficient (Wildman–Crippen LogP) is 3.86. The van der Waals surface area contributed by atoms with Crippen LogP contribution in [0.3, 0.4) is 0 Å². The standard InChI is InChI=1S/C24H21N5O5S/c25-12-18-23(34-22(27-18)19-2-1-11-33-19)28-9-7-16(8-10-28)21(31)26-17-5-3-15(4-6-17)13-29-20(30)14-35-24(29)32/h1-6,11,16H,7-10,13-14H2,(H,26,31). The van der Waals surface area contributed by atoms with Gasteiger partial charge in [-0.05, 0) is 42.7 Å². The van der Waals surface area contributed by atoms with Crippen LogP contribution in [0.25, 0.3) is 11.7 Å². The first-order valence-corrected chi connectivity index (χ1v) is 12.1. The number of thioether (sulfide) groups is 1. The molecule has 0 radical (unpaired) electrons. The van der Waals surface area contributed by atoms with Crippen molar-refractivity contribution in [3.63, 3.8) is 0 Å². The van der Waals surface area contributed by atoms with Crippen LogP contribution in [0.1, 0.15) is 24.1 Å². The van der Waals surface area contributed by atoms with E-state index in [1.54, 1.807) is 36.4 Å².